The molecule has 1 nitrogen and oxygen atoms in total. The van der Waals surface area contributed by atoms with E-state index in [1.165, 1.54) is 44.9 Å². The molecule has 0 aromatic heterocycles. The third-order valence-electron chi connectivity index (χ3n) is 3.37. The van der Waals surface area contributed by atoms with Crippen molar-refractivity contribution in [2.45, 2.75) is 51.0 Å². The molecule has 1 fully saturated rings. The molecule has 0 radical (unpaired) electrons. The quantitative estimate of drug-likeness (QED) is 0.394. The molecular weight excluding hydrogens is 306 g/mol. The fraction of sp³-hybridized carbons (Fsp3) is 1.00. The lowest BCUT2D eigenvalue weighted by Gasteiger charge is -2.37. The predicted octanol–water partition coefficient (Wildman–Crippen LogP) is 0.532. The maximum atomic E-state index is 3.62. The van der Waals surface area contributed by atoms with Crippen molar-refractivity contribution in [2.75, 3.05) is 19.5 Å². The van der Waals surface area contributed by atoms with E-state index in [0.29, 0.717) is 0 Å². The summed E-state index contributed by atoms with van der Waals surface area (Å²) in [6.45, 7) is 0. The maximum absolute atomic E-state index is 3.62. The molecular formula is C11H23Br2N. The highest BCUT2D eigenvalue weighted by Crippen LogP contribution is 2.24. The lowest BCUT2D eigenvalue weighted by atomic mass is 9.95. The number of hydrogen-bond acceptors (Lipinski definition) is 0. The second-order valence-corrected chi connectivity index (χ2v) is 5.40. The van der Waals surface area contributed by atoms with E-state index in [1.54, 1.807) is 0 Å². The van der Waals surface area contributed by atoms with E-state index in [1.807, 2.05) is 0 Å². The van der Waals surface area contributed by atoms with Crippen molar-refractivity contribution in [3.8, 4) is 0 Å². The Labute approximate surface area is 108 Å². The zero-order valence-electron chi connectivity index (χ0n) is 9.44. The van der Waals surface area contributed by atoms with Crippen LogP contribution >= 0.6 is 15.9 Å². The fourth-order valence-corrected chi connectivity index (χ4v) is 2.64. The molecule has 0 aliphatic heterocycles. The van der Waals surface area contributed by atoms with Crippen LogP contribution < -0.4 is 17.0 Å². The summed E-state index contributed by atoms with van der Waals surface area (Å²) < 4.78 is 1.15. The highest BCUT2D eigenvalue weighted by atomic mass is 79.9. The number of hydrogen-bond donors (Lipinski definition) is 0. The molecule has 0 aromatic carbocycles. The van der Waals surface area contributed by atoms with Gasteiger partial charge in [0.1, 0.15) is 5.45 Å². The molecule has 0 bridgehead atoms. The summed E-state index contributed by atoms with van der Waals surface area (Å²) in [4.78, 5) is 0. The molecule has 0 amide bonds. The van der Waals surface area contributed by atoms with Crippen LogP contribution in [0.3, 0.4) is 0 Å². The van der Waals surface area contributed by atoms with Crippen LogP contribution in [0.2, 0.25) is 0 Å². The molecule has 0 atom stereocenters. The minimum atomic E-state index is 0. The van der Waals surface area contributed by atoms with Crippen LogP contribution in [0.1, 0.15) is 44.9 Å². The Bertz CT molecular complexity index is 140. The molecule has 0 spiro atoms. The number of quaternary nitrogens is 1. The number of rotatable bonds is 2. The molecule has 1 aliphatic rings. The number of halogens is 2. The van der Waals surface area contributed by atoms with Gasteiger partial charge in [0.25, 0.3) is 0 Å². The average molecular weight is 329 g/mol. The Morgan fingerprint density at radius 2 is 1.43 bits per heavy atom. The Hall–Kier alpha value is 0.920. The monoisotopic (exact) mass is 327 g/mol. The smallest absolute Gasteiger partial charge is 0.134 e. The van der Waals surface area contributed by atoms with Gasteiger partial charge in [-0.2, -0.15) is 0 Å². The highest BCUT2D eigenvalue weighted by Gasteiger charge is 2.26. The van der Waals surface area contributed by atoms with Crippen LogP contribution in [-0.2, 0) is 0 Å². The van der Waals surface area contributed by atoms with Gasteiger partial charge < -0.3 is 21.5 Å². The summed E-state index contributed by atoms with van der Waals surface area (Å²) in [6.07, 6.45) is 10.1. The van der Waals surface area contributed by atoms with Crippen LogP contribution in [0.25, 0.3) is 0 Å². The lowest BCUT2D eigenvalue weighted by molar-refractivity contribution is -0.902. The van der Waals surface area contributed by atoms with Crippen molar-refractivity contribution in [3.63, 3.8) is 0 Å². The molecule has 0 saturated heterocycles. The largest absolute Gasteiger partial charge is 1.00 e. The lowest BCUT2D eigenvalue weighted by Crippen LogP contribution is -3.00. The van der Waals surface area contributed by atoms with Gasteiger partial charge in [0.15, 0.2) is 0 Å². The normalized spacial score (nSPS) is 20.8. The van der Waals surface area contributed by atoms with Gasteiger partial charge in [0.2, 0.25) is 0 Å². The van der Waals surface area contributed by atoms with E-state index in [0.717, 1.165) is 16.0 Å². The fourth-order valence-electron chi connectivity index (χ4n) is 2.23. The summed E-state index contributed by atoms with van der Waals surface area (Å²) in [7, 11) is 4.70. The summed E-state index contributed by atoms with van der Waals surface area (Å²) in [6, 6.07) is 0.889. The summed E-state index contributed by atoms with van der Waals surface area (Å²) in [5.74, 6) is 0. The number of alkyl halides is 1. The molecule has 0 heterocycles. The topological polar surface area (TPSA) is 0 Å². The summed E-state index contributed by atoms with van der Waals surface area (Å²) >= 11 is 3.62. The molecule has 14 heavy (non-hydrogen) atoms. The minimum absolute atomic E-state index is 0. The average Bonchev–Trinajstić information content (AvgIpc) is 2.03. The highest BCUT2D eigenvalue weighted by molar-refractivity contribution is 9.09. The first-order valence-corrected chi connectivity index (χ1v) is 6.67. The van der Waals surface area contributed by atoms with Gasteiger partial charge in [-0.05, 0) is 41.6 Å². The standard InChI is InChI=1S/C11H23BrN.BrH/c1-13(2,10-12)11-8-6-4-3-5-7-9-11;/h11H,3-10H2,1-2H3;1H/q+1;/p-1. The van der Waals surface area contributed by atoms with Crippen molar-refractivity contribution in [3.05, 3.63) is 0 Å². The van der Waals surface area contributed by atoms with Crippen LogP contribution in [0.5, 0.6) is 0 Å². The zero-order valence-corrected chi connectivity index (χ0v) is 12.6. The van der Waals surface area contributed by atoms with Gasteiger partial charge >= 0.3 is 0 Å². The van der Waals surface area contributed by atoms with Gasteiger partial charge in [-0.25, -0.2) is 0 Å². The van der Waals surface area contributed by atoms with Gasteiger partial charge in [0, 0.05) is 0 Å². The van der Waals surface area contributed by atoms with Crippen molar-refractivity contribution < 1.29 is 21.5 Å². The van der Waals surface area contributed by atoms with Gasteiger partial charge in [-0.15, -0.1) is 0 Å². The van der Waals surface area contributed by atoms with Crippen molar-refractivity contribution in [1.82, 2.24) is 0 Å². The molecule has 0 N–H and O–H groups in total. The van der Waals surface area contributed by atoms with Crippen LogP contribution in [-0.4, -0.2) is 30.1 Å². The first-order valence-electron chi connectivity index (χ1n) is 5.55. The zero-order chi connectivity index (χ0) is 9.73. The third-order valence-corrected chi connectivity index (χ3v) is 4.66. The molecule has 1 saturated carbocycles. The molecule has 1 rings (SSSR count). The third kappa shape index (κ3) is 4.63. The molecule has 0 aromatic rings. The first kappa shape index (κ1) is 14.9. The van der Waals surface area contributed by atoms with Gasteiger partial charge in [0.05, 0.1) is 20.1 Å². The number of nitrogens with zero attached hydrogens (tertiary/aromatic N) is 1. The molecule has 0 unspecified atom stereocenters. The van der Waals surface area contributed by atoms with Crippen LogP contribution in [0.15, 0.2) is 0 Å². The Morgan fingerprint density at radius 1 is 1.00 bits per heavy atom. The van der Waals surface area contributed by atoms with Crippen LogP contribution in [0, 0.1) is 0 Å². The van der Waals surface area contributed by atoms with Gasteiger partial charge in [-0.3, -0.25) is 0 Å². The van der Waals surface area contributed by atoms with Crippen molar-refractivity contribution in [1.29, 1.82) is 0 Å². The second-order valence-electron chi connectivity index (χ2n) is 4.90. The van der Waals surface area contributed by atoms with E-state index in [9.17, 15) is 0 Å². The van der Waals surface area contributed by atoms with Crippen LogP contribution in [0.4, 0.5) is 0 Å². The minimum Gasteiger partial charge on any atom is -1.00 e. The van der Waals surface area contributed by atoms with E-state index in [2.05, 4.69) is 30.0 Å². The van der Waals surface area contributed by atoms with E-state index in [-0.39, 0.29) is 17.0 Å². The maximum Gasteiger partial charge on any atom is 0.134 e. The summed E-state index contributed by atoms with van der Waals surface area (Å²) in [5, 5.41) is 0. The van der Waals surface area contributed by atoms with E-state index >= 15 is 0 Å². The Kier molecular flexibility index (Phi) is 7.71. The first-order chi connectivity index (χ1) is 6.17. The summed E-state index contributed by atoms with van der Waals surface area (Å²) in [5.41, 5.74) is 1.09. The van der Waals surface area contributed by atoms with Crippen molar-refractivity contribution in [2.24, 2.45) is 0 Å². The Balaban J connectivity index is 0.00000169. The van der Waals surface area contributed by atoms with E-state index in [4.69, 9.17) is 0 Å². The van der Waals surface area contributed by atoms with Gasteiger partial charge in [-0.1, -0.05) is 19.3 Å². The predicted molar refractivity (Wildman–Crippen MR) is 62.0 cm³/mol. The van der Waals surface area contributed by atoms with E-state index < -0.39 is 0 Å². The molecule has 86 valence electrons. The van der Waals surface area contributed by atoms with Crippen molar-refractivity contribution >= 4 is 15.9 Å². The molecule has 1 aliphatic carbocycles. The SMILES string of the molecule is C[N+](C)(CBr)C1CCCCCCC1.[Br-]. The Morgan fingerprint density at radius 3 is 1.86 bits per heavy atom. The second kappa shape index (κ2) is 7.24. The molecule has 3 heteroatoms.